The second-order valence-electron chi connectivity index (χ2n) is 7.43. The fraction of sp³-hybridized carbons (Fsp3) is 0.261. The number of hydrogen-bond acceptors (Lipinski definition) is 5. The van der Waals surface area contributed by atoms with Gasteiger partial charge in [0.1, 0.15) is 5.82 Å². The normalized spacial score (nSPS) is 14.9. The van der Waals surface area contributed by atoms with Gasteiger partial charge in [-0.1, -0.05) is 23.7 Å². The third kappa shape index (κ3) is 4.96. The van der Waals surface area contributed by atoms with E-state index in [4.69, 9.17) is 16.3 Å². The number of piperazine rings is 1. The molecule has 4 rings (SSSR count). The van der Waals surface area contributed by atoms with Crippen molar-refractivity contribution in [3.8, 4) is 17.0 Å². The van der Waals surface area contributed by atoms with E-state index in [0.29, 0.717) is 31.2 Å². The van der Waals surface area contributed by atoms with Gasteiger partial charge in [0.2, 0.25) is 0 Å². The maximum Gasteiger partial charge on any atom is 0.263 e. The summed E-state index contributed by atoms with van der Waals surface area (Å²) in [5.41, 5.74) is 1.67. The molecule has 0 saturated carbocycles. The van der Waals surface area contributed by atoms with Gasteiger partial charge in [-0.15, -0.1) is 10.2 Å². The Morgan fingerprint density at radius 3 is 2.34 bits per heavy atom. The van der Waals surface area contributed by atoms with Crippen molar-refractivity contribution in [3.63, 3.8) is 0 Å². The molecule has 0 bridgehead atoms. The fourth-order valence-electron chi connectivity index (χ4n) is 3.49. The molecule has 0 aliphatic carbocycles. The van der Waals surface area contributed by atoms with Gasteiger partial charge in [0.25, 0.3) is 5.91 Å². The van der Waals surface area contributed by atoms with Crippen LogP contribution in [0.2, 0.25) is 5.02 Å². The highest BCUT2D eigenvalue weighted by atomic mass is 35.5. The Morgan fingerprint density at radius 1 is 1.00 bits per heavy atom. The monoisotopic (exact) mass is 458 g/mol. The summed E-state index contributed by atoms with van der Waals surface area (Å²) in [6.45, 7) is 3.66. The minimum Gasteiger partial charge on any atom is -0.478 e. The van der Waals surface area contributed by atoms with Gasteiger partial charge < -0.3 is 14.5 Å². The quantitative estimate of drug-likeness (QED) is 0.573. The first-order valence-corrected chi connectivity index (χ1v) is 10.5. The molecule has 6 nitrogen and oxygen atoms in total. The molecular weight excluding hydrogens is 438 g/mol. The first kappa shape index (κ1) is 22.0. The molecule has 1 aromatic heterocycles. The summed E-state index contributed by atoms with van der Waals surface area (Å²) in [6, 6.07) is 14.2. The molecule has 0 spiro atoms. The molecule has 1 amide bonds. The molecule has 0 N–H and O–H groups in total. The second-order valence-corrected chi connectivity index (χ2v) is 7.87. The molecule has 1 aliphatic heterocycles. The molecular formula is C23H21ClF2N4O2. The number of rotatable bonds is 5. The standard InChI is InChI=1S/C23H21ClF2N4O2/c1-15(32-21-8-6-18(25)14-19(21)26)23(31)30-12-10-29(11-13-30)22-9-7-20(27-28-22)16-2-4-17(24)5-3-16/h2-9,14-15H,10-13H2,1H3. The highest BCUT2D eigenvalue weighted by molar-refractivity contribution is 6.30. The second kappa shape index (κ2) is 9.48. The van der Waals surface area contributed by atoms with E-state index >= 15 is 0 Å². The number of hydrogen-bond donors (Lipinski definition) is 0. The van der Waals surface area contributed by atoms with Gasteiger partial charge >= 0.3 is 0 Å². The molecule has 32 heavy (non-hydrogen) atoms. The van der Waals surface area contributed by atoms with Gasteiger partial charge in [0, 0.05) is 42.8 Å². The molecule has 1 fully saturated rings. The Morgan fingerprint density at radius 2 is 1.72 bits per heavy atom. The average Bonchev–Trinajstić information content (AvgIpc) is 2.81. The minimum absolute atomic E-state index is 0.151. The Balaban J connectivity index is 1.33. The van der Waals surface area contributed by atoms with Gasteiger partial charge in [0.15, 0.2) is 23.5 Å². The highest BCUT2D eigenvalue weighted by Gasteiger charge is 2.27. The highest BCUT2D eigenvalue weighted by Crippen LogP contribution is 2.22. The lowest BCUT2D eigenvalue weighted by molar-refractivity contribution is -0.138. The van der Waals surface area contributed by atoms with Gasteiger partial charge in [-0.25, -0.2) is 8.78 Å². The van der Waals surface area contributed by atoms with Crippen molar-refractivity contribution < 1.29 is 18.3 Å². The molecule has 0 radical (unpaired) electrons. The van der Waals surface area contributed by atoms with Gasteiger partial charge in [-0.05, 0) is 43.3 Å². The molecule has 9 heteroatoms. The van der Waals surface area contributed by atoms with Crippen molar-refractivity contribution in [2.24, 2.45) is 0 Å². The SMILES string of the molecule is CC(Oc1ccc(F)cc1F)C(=O)N1CCN(c2ccc(-c3ccc(Cl)cc3)nn2)CC1. The van der Waals surface area contributed by atoms with Crippen molar-refractivity contribution in [3.05, 3.63) is 71.3 Å². The van der Waals surface area contributed by atoms with Crippen LogP contribution < -0.4 is 9.64 Å². The summed E-state index contributed by atoms with van der Waals surface area (Å²) >= 11 is 5.92. The van der Waals surface area contributed by atoms with Crippen LogP contribution in [-0.4, -0.2) is 53.3 Å². The number of carbonyl (C=O) groups excluding carboxylic acids is 1. The van der Waals surface area contributed by atoms with E-state index in [-0.39, 0.29) is 11.7 Å². The Labute approximate surface area is 189 Å². The van der Waals surface area contributed by atoms with Crippen LogP contribution in [0.4, 0.5) is 14.6 Å². The molecule has 1 saturated heterocycles. The van der Waals surface area contributed by atoms with Crippen molar-refractivity contribution in [2.75, 3.05) is 31.1 Å². The van der Waals surface area contributed by atoms with Crippen LogP contribution in [0.3, 0.4) is 0 Å². The zero-order valence-electron chi connectivity index (χ0n) is 17.3. The largest absolute Gasteiger partial charge is 0.478 e. The van der Waals surface area contributed by atoms with Crippen molar-refractivity contribution >= 4 is 23.3 Å². The zero-order valence-corrected chi connectivity index (χ0v) is 18.1. The van der Waals surface area contributed by atoms with E-state index in [0.717, 1.165) is 29.2 Å². The number of anilines is 1. The number of nitrogens with zero attached hydrogens (tertiary/aromatic N) is 4. The van der Waals surface area contributed by atoms with Crippen LogP contribution >= 0.6 is 11.6 Å². The van der Waals surface area contributed by atoms with Crippen LogP contribution in [0.25, 0.3) is 11.3 Å². The topological polar surface area (TPSA) is 58.6 Å². The summed E-state index contributed by atoms with van der Waals surface area (Å²) in [5.74, 6) is -1.21. The van der Waals surface area contributed by atoms with E-state index in [1.165, 1.54) is 6.07 Å². The average molecular weight is 459 g/mol. The zero-order chi connectivity index (χ0) is 22.7. The Hall–Kier alpha value is -3.26. The number of carbonyl (C=O) groups is 1. The van der Waals surface area contributed by atoms with Crippen molar-refractivity contribution in [1.29, 1.82) is 0 Å². The number of halogens is 3. The molecule has 1 atom stereocenters. The van der Waals surface area contributed by atoms with E-state index in [1.54, 1.807) is 24.0 Å². The summed E-state index contributed by atoms with van der Waals surface area (Å²) in [5, 5.41) is 9.28. The van der Waals surface area contributed by atoms with Gasteiger partial charge in [-0.3, -0.25) is 4.79 Å². The van der Waals surface area contributed by atoms with E-state index < -0.39 is 17.7 Å². The molecule has 3 aromatic rings. The number of aromatic nitrogens is 2. The fourth-order valence-corrected chi connectivity index (χ4v) is 3.62. The van der Waals surface area contributed by atoms with E-state index in [9.17, 15) is 13.6 Å². The number of ether oxygens (including phenoxy) is 1. The first-order valence-electron chi connectivity index (χ1n) is 10.2. The predicted octanol–water partition coefficient (Wildman–Crippen LogP) is 4.19. The summed E-state index contributed by atoms with van der Waals surface area (Å²) < 4.78 is 32.3. The Bertz CT molecular complexity index is 1090. The minimum atomic E-state index is -0.889. The molecule has 2 aromatic carbocycles. The maximum absolute atomic E-state index is 13.8. The lowest BCUT2D eigenvalue weighted by atomic mass is 10.1. The van der Waals surface area contributed by atoms with Gasteiger partial charge in [0.05, 0.1) is 5.69 Å². The summed E-state index contributed by atoms with van der Waals surface area (Å²) in [7, 11) is 0. The van der Waals surface area contributed by atoms with Crippen LogP contribution in [0.5, 0.6) is 5.75 Å². The maximum atomic E-state index is 13.8. The first-order chi connectivity index (χ1) is 15.4. The molecule has 1 unspecified atom stereocenters. The predicted molar refractivity (Wildman–Crippen MR) is 118 cm³/mol. The van der Waals surface area contributed by atoms with E-state index in [2.05, 4.69) is 10.2 Å². The summed E-state index contributed by atoms with van der Waals surface area (Å²) in [6.07, 6.45) is -0.889. The third-order valence-corrected chi connectivity index (χ3v) is 5.50. The Kier molecular flexibility index (Phi) is 6.50. The van der Waals surface area contributed by atoms with Crippen LogP contribution in [0, 0.1) is 11.6 Å². The smallest absolute Gasteiger partial charge is 0.263 e. The third-order valence-electron chi connectivity index (χ3n) is 5.25. The van der Waals surface area contributed by atoms with E-state index in [1.807, 2.05) is 29.2 Å². The van der Waals surface area contributed by atoms with Crippen LogP contribution in [-0.2, 0) is 4.79 Å². The molecule has 2 heterocycles. The van der Waals surface area contributed by atoms with Crippen LogP contribution in [0.15, 0.2) is 54.6 Å². The lowest BCUT2D eigenvalue weighted by Gasteiger charge is -2.36. The van der Waals surface area contributed by atoms with Crippen molar-refractivity contribution in [1.82, 2.24) is 15.1 Å². The number of benzene rings is 2. The number of amides is 1. The van der Waals surface area contributed by atoms with Crippen molar-refractivity contribution in [2.45, 2.75) is 13.0 Å². The summed E-state index contributed by atoms with van der Waals surface area (Å²) in [4.78, 5) is 16.4. The lowest BCUT2D eigenvalue weighted by Crippen LogP contribution is -2.52. The van der Waals surface area contributed by atoms with Crippen LogP contribution in [0.1, 0.15) is 6.92 Å². The molecule has 1 aliphatic rings. The molecule has 166 valence electrons. The van der Waals surface area contributed by atoms with Gasteiger partial charge in [-0.2, -0.15) is 0 Å².